The van der Waals surface area contributed by atoms with Crippen molar-refractivity contribution in [3.8, 4) is 11.1 Å². The highest BCUT2D eigenvalue weighted by Crippen LogP contribution is 2.28. The number of likely N-dealkylation sites (tertiary alicyclic amines) is 1. The number of hydrogen-bond donors (Lipinski definition) is 0. The van der Waals surface area contributed by atoms with Crippen molar-refractivity contribution in [2.45, 2.75) is 25.5 Å². The van der Waals surface area contributed by atoms with Gasteiger partial charge in [0.25, 0.3) is 5.91 Å². The first kappa shape index (κ1) is 21.6. The van der Waals surface area contributed by atoms with Gasteiger partial charge >= 0.3 is 6.09 Å². The van der Waals surface area contributed by atoms with E-state index in [9.17, 15) is 9.59 Å². The number of amides is 2. The molecule has 2 amide bonds. The largest absolute Gasteiger partial charge is 0.445 e. The van der Waals surface area contributed by atoms with E-state index < -0.39 is 12.1 Å². The maximum absolute atomic E-state index is 13.4. The Balaban J connectivity index is 1.48. The van der Waals surface area contributed by atoms with Gasteiger partial charge < -0.3 is 4.74 Å². The molecular weight excluding hydrogens is 404 g/mol. The Morgan fingerprint density at radius 2 is 1.62 bits per heavy atom. The summed E-state index contributed by atoms with van der Waals surface area (Å²) in [7, 11) is 1.46. The van der Waals surface area contributed by atoms with Crippen LogP contribution in [0.15, 0.2) is 84.9 Å². The smallest absolute Gasteiger partial charge is 0.410 e. The number of ether oxygens (including phenoxy) is 1. The first-order valence-electron chi connectivity index (χ1n) is 10.7. The van der Waals surface area contributed by atoms with Crippen molar-refractivity contribution >= 4 is 17.7 Å². The third-order valence-electron chi connectivity index (χ3n) is 5.55. The van der Waals surface area contributed by atoms with E-state index in [1.54, 1.807) is 0 Å². The normalized spacial score (nSPS) is 15.4. The number of anilines is 1. The van der Waals surface area contributed by atoms with Crippen LogP contribution in [0.25, 0.3) is 11.1 Å². The summed E-state index contributed by atoms with van der Waals surface area (Å²) in [5.74, 6) is -0.285. The van der Waals surface area contributed by atoms with E-state index in [4.69, 9.17) is 9.57 Å². The Labute approximate surface area is 187 Å². The minimum atomic E-state index is -0.626. The summed E-state index contributed by atoms with van der Waals surface area (Å²) in [6.45, 7) is 0.649. The third kappa shape index (κ3) is 4.81. The van der Waals surface area contributed by atoms with Crippen molar-refractivity contribution < 1.29 is 19.2 Å². The minimum absolute atomic E-state index is 0.171. The lowest BCUT2D eigenvalue weighted by Gasteiger charge is -2.28. The molecule has 0 spiro atoms. The van der Waals surface area contributed by atoms with Crippen molar-refractivity contribution in [3.05, 3.63) is 90.5 Å². The number of hydroxylamine groups is 1. The Hall–Kier alpha value is -3.64. The number of carbonyl (C=O) groups is 2. The molecule has 6 nitrogen and oxygen atoms in total. The van der Waals surface area contributed by atoms with Crippen LogP contribution < -0.4 is 5.06 Å². The topological polar surface area (TPSA) is 59.1 Å². The molecule has 1 atom stereocenters. The number of hydrogen-bond acceptors (Lipinski definition) is 4. The molecule has 1 saturated heterocycles. The van der Waals surface area contributed by atoms with E-state index in [0.717, 1.165) is 23.1 Å². The number of carbonyl (C=O) groups excluding carboxylic acids is 2. The molecular formula is C26H26N2O4. The van der Waals surface area contributed by atoms with Gasteiger partial charge in [-0.3, -0.25) is 14.5 Å². The summed E-state index contributed by atoms with van der Waals surface area (Å²) >= 11 is 0. The molecule has 1 fully saturated rings. The molecule has 0 saturated carbocycles. The Bertz CT molecular complexity index is 1060. The SMILES string of the molecule is CON(C(=O)C1CCCN1C(=O)OCc1ccccc1)c1cccc(-c2ccccc2)c1. The number of benzene rings is 3. The maximum atomic E-state index is 13.4. The third-order valence-corrected chi connectivity index (χ3v) is 5.55. The van der Waals surface area contributed by atoms with Crippen LogP contribution in [-0.2, 0) is 21.0 Å². The van der Waals surface area contributed by atoms with E-state index >= 15 is 0 Å². The molecule has 1 aliphatic rings. The summed E-state index contributed by atoms with van der Waals surface area (Å²) in [6, 6.07) is 26.4. The lowest BCUT2D eigenvalue weighted by molar-refractivity contribution is -0.128. The molecule has 32 heavy (non-hydrogen) atoms. The van der Waals surface area contributed by atoms with Gasteiger partial charge in [0, 0.05) is 6.54 Å². The van der Waals surface area contributed by atoms with Crippen LogP contribution in [0.2, 0.25) is 0 Å². The van der Waals surface area contributed by atoms with Crippen molar-refractivity contribution in [1.82, 2.24) is 4.90 Å². The summed E-state index contributed by atoms with van der Waals surface area (Å²) in [5, 5.41) is 1.26. The second-order valence-electron chi connectivity index (χ2n) is 7.62. The molecule has 0 aromatic heterocycles. The average molecular weight is 431 g/mol. The molecule has 0 bridgehead atoms. The fourth-order valence-corrected chi connectivity index (χ4v) is 3.94. The molecule has 164 valence electrons. The summed E-state index contributed by atoms with van der Waals surface area (Å²) in [4.78, 5) is 33.0. The van der Waals surface area contributed by atoms with E-state index in [-0.39, 0.29) is 12.5 Å². The quantitative estimate of drug-likeness (QED) is 0.514. The first-order valence-corrected chi connectivity index (χ1v) is 10.7. The van der Waals surface area contributed by atoms with Gasteiger partial charge in [-0.1, -0.05) is 72.8 Å². The summed E-state index contributed by atoms with van der Waals surface area (Å²) < 4.78 is 5.46. The minimum Gasteiger partial charge on any atom is -0.445 e. The Kier molecular flexibility index (Phi) is 6.82. The molecule has 3 aromatic carbocycles. The summed E-state index contributed by atoms with van der Waals surface area (Å²) in [6.07, 6.45) is 0.814. The zero-order valence-corrected chi connectivity index (χ0v) is 18.0. The van der Waals surface area contributed by atoms with E-state index in [1.807, 2.05) is 84.9 Å². The molecule has 3 aromatic rings. The monoisotopic (exact) mass is 430 g/mol. The highest BCUT2D eigenvalue weighted by atomic mass is 16.7. The second kappa shape index (κ2) is 10.1. The van der Waals surface area contributed by atoms with Crippen LogP contribution in [0.5, 0.6) is 0 Å². The molecule has 0 aliphatic carbocycles. The van der Waals surface area contributed by atoms with E-state index in [2.05, 4.69) is 0 Å². The van der Waals surface area contributed by atoms with Gasteiger partial charge in [0.2, 0.25) is 0 Å². The van der Waals surface area contributed by atoms with Gasteiger partial charge in [-0.2, -0.15) is 5.06 Å². The van der Waals surface area contributed by atoms with Gasteiger partial charge in [0.15, 0.2) is 0 Å². The second-order valence-corrected chi connectivity index (χ2v) is 7.62. The number of rotatable bonds is 6. The number of nitrogens with zero attached hydrogens (tertiary/aromatic N) is 2. The zero-order chi connectivity index (χ0) is 22.3. The molecule has 1 unspecified atom stereocenters. The van der Waals surface area contributed by atoms with E-state index in [1.165, 1.54) is 17.1 Å². The highest BCUT2D eigenvalue weighted by molar-refractivity contribution is 5.97. The Morgan fingerprint density at radius 1 is 0.938 bits per heavy atom. The molecule has 4 rings (SSSR count). The molecule has 0 N–H and O–H groups in total. The van der Waals surface area contributed by atoms with Gasteiger partial charge in [-0.25, -0.2) is 4.79 Å². The van der Waals surface area contributed by atoms with Crippen molar-refractivity contribution in [3.63, 3.8) is 0 Å². The van der Waals surface area contributed by atoms with Crippen molar-refractivity contribution in [2.24, 2.45) is 0 Å². The van der Waals surface area contributed by atoms with Crippen molar-refractivity contribution in [1.29, 1.82) is 0 Å². The first-order chi connectivity index (χ1) is 15.7. The zero-order valence-electron chi connectivity index (χ0n) is 18.0. The fraction of sp³-hybridized carbons (Fsp3) is 0.231. The van der Waals surface area contributed by atoms with Crippen LogP contribution in [0.4, 0.5) is 10.5 Å². The lowest BCUT2D eigenvalue weighted by Crippen LogP contribution is -2.47. The maximum Gasteiger partial charge on any atom is 0.410 e. The van der Waals surface area contributed by atoms with Crippen molar-refractivity contribution in [2.75, 3.05) is 18.7 Å². The van der Waals surface area contributed by atoms with Gasteiger partial charge in [-0.15, -0.1) is 0 Å². The van der Waals surface area contributed by atoms with Gasteiger partial charge in [-0.05, 0) is 41.7 Å². The van der Waals surface area contributed by atoms with Crippen LogP contribution in [0.3, 0.4) is 0 Å². The predicted molar refractivity (Wildman–Crippen MR) is 123 cm³/mol. The van der Waals surface area contributed by atoms with Crippen LogP contribution in [0.1, 0.15) is 18.4 Å². The van der Waals surface area contributed by atoms with Crippen LogP contribution >= 0.6 is 0 Å². The molecule has 1 aliphatic heterocycles. The van der Waals surface area contributed by atoms with E-state index in [0.29, 0.717) is 18.7 Å². The van der Waals surface area contributed by atoms with Crippen LogP contribution in [0, 0.1) is 0 Å². The standard InChI is InChI=1S/C26H26N2O4/c1-31-28(23-15-8-14-22(18-23)21-12-6-3-7-13-21)25(29)24-16-9-17-27(24)26(30)32-19-20-10-4-2-5-11-20/h2-8,10-15,18,24H,9,16-17,19H2,1H3. The highest BCUT2D eigenvalue weighted by Gasteiger charge is 2.38. The summed E-state index contributed by atoms with van der Waals surface area (Å²) in [5.41, 5.74) is 3.54. The fourth-order valence-electron chi connectivity index (χ4n) is 3.94. The molecule has 1 heterocycles. The van der Waals surface area contributed by atoms with Gasteiger partial charge in [0.05, 0.1) is 12.8 Å². The van der Waals surface area contributed by atoms with Crippen LogP contribution in [-0.4, -0.2) is 36.6 Å². The molecule has 0 radical (unpaired) electrons. The average Bonchev–Trinajstić information content (AvgIpc) is 3.35. The predicted octanol–water partition coefficient (Wildman–Crippen LogP) is 5.05. The Morgan fingerprint density at radius 3 is 2.34 bits per heavy atom. The molecule has 6 heteroatoms. The van der Waals surface area contributed by atoms with Gasteiger partial charge in [0.1, 0.15) is 12.6 Å². The lowest BCUT2D eigenvalue weighted by atomic mass is 10.1.